The monoisotopic (exact) mass is 210 g/mol. The molecule has 0 aromatic carbocycles. The van der Waals surface area contributed by atoms with E-state index in [1.54, 1.807) is 0 Å². The van der Waals surface area contributed by atoms with Gasteiger partial charge in [0.2, 0.25) is 0 Å². The van der Waals surface area contributed by atoms with Crippen LogP contribution in [0.25, 0.3) is 0 Å². The van der Waals surface area contributed by atoms with Crippen LogP contribution < -0.4 is 5.56 Å². The van der Waals surface area contributed by atoms with Gasteiger partial charge in [0.1, 0.15) is 0 Å². The summed E-state index contributed by atoms with van der Waals surface area (Å²) in [6.07, 6.45) is 0. The number of hydrogen-bond acceptors (Lipinski definition) is 1. The number of nitrogens with zero attached hydrogens (tertiary/aromatic N) is 1. The average molecular weight is 210 g/mol. The first-order chi connectivity index (χ1) is 6.55. The minimum absolute atomic E-state index is 0.0370. The molecule has 0 spiro atoms. The molecule has 0 atom stereocenters. The summed E-state index contributed by atoms with van der Waals surface area (Å²) < 4.78 is 1.95. The Hall–Kier alpha value is -0.990. The second-order valence-corrected chi connectivity index (χ2v) is 6.16. The summed E-state index contributed by atoms with van der Waals surface area (Å²) in [5.74, 6) is 0. The van der Waals surface area contributed by atoms with Crippen molar-refractivity contribution in [3.05, 3.63) is 21.6 Å². The van der Waals surface area contributed by atoms with Gasteiger partial charge in [-0.3, -0.25) is 14.6 Å². The largest absolute Gasteiger partial charge is 0.284 e. The molecule has 3 nitrogen and oxygen atoms in total. The molecule has 0 fully saturated rings. The van der Waals surface area contributed by atoms with E-state index in [0.717, 1.165) is 11.3 Å². The fourth-order valence-electron chi connectivity index (χ4n) is 2.07. The van der Waals surface area contributed by atoms with Crippen molar-refractivity contribution in [1.82, 2.24) is 9.78 Å². The predicted octanol–water partition coefficient (Wildman–Crippen LogP) is 2.54. The normalized spacial score (nSPS) is 13.3. The van der Waals surface area contributed by atoms with E-state index < -0.39 is 0 Å². The number of H-pyrrole nitrogens is 1. The lowest BCUT2D eigenvalue weighted by atomic mass is 9.87. The van der Waals surface area contributed by atoms with Crippen molar-refractivity contribution >= 4 is 0 Å². The maximum absolute atomic E-state index is 11.9. The van der Waals surface area contributed by atoms with E-state index in [0.29, 0.717) is 0 Å². The lowest BCUT2D eigenvalue weighted by molar-refractivity contribution is 0.345. The summed E-state index contributed by atoms with van der Waals surface area (Å²) in [6.45, 7) is 14.5. The molecule has 0 saturated heterocycles. The van der Waals surface area contributed by atoms with Crippen LogP contribution in [0.1, 0.15) is 52.8 Å². The second-order valence-electron chi connectivity index (χ2n) is 6.16. The molecule has 0 saturated carbocycles. The highest BCUT2D eigenvalue weighted by molar-refractivity contribution is 5.25. The Labute approximate surface area is 91.5 Å². The maximum Gasteiger partial charge on any atom is 0.268 e. The lowest BCUT2D eigenvalue weighted by Gasteiger charge is -2.24. The van der Waals surface area contributed by atoms with Crippen LogP contribution in [0.2, 0.25) is 0 Å². The highest BCUT2D eigenvalue weighted by Gasteiger charge is 2.27. The van der Waals surface area contributed by atoms with Crippen LogP contribution in [0.15, 0.2) is 4.79 Å². The highest BCUT2D eigenvalue weighted by atomic mass is 16.1. The van der Waals surface area contributed by atoms with Gasteiger partial charge in [0.15, 0.2) is 0 Å². The van der Waals surface area contributed by atoms with Crippen LogP contribution in [0, 0.1) is 6.92 Å². The summed E-state index contributed by atoms with van der Waals surface area (Å²) in [7, 11) is 0. The fraction of sp³-hybridized carbons (Fsp3) is 0.750. The SMILES string of the molecule is Cc1c(C(C)(C)C)c(=O)[nH]n1C(C)(C)C. The highest BCUT2D eigenvalue weighted by Crippen LogP contribution is 2.25. The summed E-state index contributed by atoms with van der Waals surface area (Å²) >= 11 is 0. The third-order valence-corrected chi connectivity index (χ3v) is 2.56. The van der Waals surface area contributed by atoms with Gasteiger partial charge in [0.25, 0.3) is 5.56 Å². The Morgan fingerprint density at radius 3 is 1.73 bits per heavy atom. The molecule has 1 rings (SSSR count). The second kappa shape index (κ2) is 3.26. The molecule has 0 aliphatic carbocycles. The first-order valence-electron chi connectivity index (χ1n) is 5.37. The summed E-state index contributed by atoms with van der Waals surface area (Å²) in [4.78, 5) is 11.9. The molecule has 0 amide bonds. The van der Waals surface area contributed by atoms with Gasteiger partial charge in [-0.15, -0.1) is 0 Å². The van der Waals surface area contributed by atoms with Crippen LogP contribution in [0.3, 0.4) is 0 Å². The van der Waals surface area contributed by atoms with Gasteiger partial charge in [-0.1, -0.05) is 20.8 Å². The van der Waals surface area contributed by atoms with Gasteiger partial charge in [-0.2, -0.15) is 0 Å². The molecule has 86 valence electrons. The van der Waals surface area contributed by atoms with Crippen LogP contribution in [0.4, 0.5) is 0 Å². The van der Waals surface area contributed by atoms with Crippen molar-refractivity contribution in [2.75, 3.05) is 0 Å². The molecule has 1 heterocycles. The Kier molecular flexibility index (Phi) is 2.62. The van der Waals surface area contributed by atoms with E-state index in [9.17, 15) is 4.79 Å². The van der Waals surface area contributed by atoms with Crippen LogP contribution in [-0.4, -0.2) is 9.78 Å². The molecule has 0 bridgehead atoms. The summed E-state index contributed by atoms with van der Waals surface area (Å²) in [5.41, 5.74) is 1.79. The smallest absolute Gasteiger partial charge is 0.268 e. The van der Waals surface area contributed by atoms with Crippen LogP contribution in [-0.2, 0) is 11.0 Å². The number of rotatable bonds is 0. The number of nitrogens with one attached hydrogen (secondary N) is 1. The standard InChI is InChI=1S/C12H22N2O/c1-8-9(11(2,3)4)10(15)13-14(8)12(5,6)7/h1-7H3,(H,13,15). The van der Waals surface area contributed by atoms with Crippen molar-refractivity contribution in [3.63, 3.8) is 0 Å². The zero-order chi connectivity index (χ0) is 12.0. The van der Waals surface area contributed by atoms with Gasteiger partial charge >= 0.3 is 0 Å². The predicted molar refractivity (Wildman–Crippen MR) is 63.5 cm³/mol. The summed E-state index contributed by atoms with van der Waals surface area (Å²) in [5, 5.41) is 2.92. The van der Waals surface area contributed by atoms with Gasteiger partial charge in [0.05, 0.1) is 5.54 Å². The molecule has 0 radical (unpaired) electrons. The first kappa shape index (κ1) is 12.1. The van der Waals surface area contributed by atoms with Crippen LogP contribution in [0.5, 0.6) is 0 Å². The number of hydrogen-bond donors (Lipinski definition) is 1. The molecule has 1 N–H and O–H groups in total. The zero-order valence-electron chi connectivity index (χ0n) is 10.9. The number of aromatic amines is 1. The van der Waals surface area contributed by atoms with Crippen molar-refractivity contribution in [1.29, 1.82) is 0 Å². The Bertz CT molecular complexity index is 410. The zero-order valence-corrected chi connectivity index (χ0v) is 10.9. The third-order valence-electron chi connectivity index (χ3n) is 2.56. The van der Waals surface area contributed by atoms with Crippen LogP contribution >= 0.6 is 0 Å². The van der Waals surface area contributed by atoms with Gasteiger partial charge < -0.3 is 0 Å². The van der Waals surface area contributed by atoms with E-state index in [1.807, 2.05) is 11.6 Å². The summed E-state index contributed by atoms with van der Waals surface area (Å²) in [6, 6.07) is 0. The van der Waals surface area contributed by atoms with Crippen molar-refractivity contribution in [2.45, 2.75) is 59.4 Å². The molecule has 15 heavy (non-hydrogen) atoms. The minimum Gasteiger partial charge on any atom is -0.284 e. The van der Waals surface area contributed by atoms with Crippen molar-refractivity contribution < 1.29 is 0 Å². The van der Waals surface area contributed by atoms with E-state index in [4.69, 9.17) is 0 Å². The molecule has 0 unspecified atom stereocenters. The van der Waals surface area contributed by atoms with Gasteiger partial charge in [-0.25, -0.2) is 0 Å². The third kappa shape index (κ3) is 2.16. The number of aromatic nitrogens is 2. The lowest BCUT2D eigenvalue weighted by Crippen LogP contribution is -2.25. The molecule has 1 aromatic heterocycles. The minimum atomic E-state index is -0.103. The molecular weight excluding hydrogens is 188 g/mol. The van der Waals surface area contributed by atoms with Crippen molar-refractivity contribution in [3.8, 4) is 0 Å². The Balaban J connectivity index is 3.48. The molecular formula is C12H22N2O. The Morgan fingerprint density at radius 1 is 1.07 bits per heavy atom. The average Bonchev–Trinajstić information content (AvgIpc) is 2.22. The van der Waals surface area contributed by atoms with E-state index in [-0.39, 0.29) is 16.5 Å². The Morgan fingerprint density at radius 2 is 1.53 bits per heavy atom. The van der Waals surface area contributed by atoms with E-state index in [1.165, 1.54) is 0 Å². The maximum atomic E-state index is 11.9. The molecule has 0 aliphatic rings. The molecule has 3 heteroatoms. The fourth-order valence-corrected chi connectivity index (χ4v) is 2.07. The van der Waals surface area contributed by atoms with Gasteiger partial charge in [0, 0.05) is 11.3 Å². The van der Waals surface area contributed by atoms with E-state index in [2.05, 4.69) is 46.6 Å². The van der Waals surface area contributed by atoms with Gasteiger partial charge in [-0.05, 0) is 33.1 Å². The van der Waals surface area contributed by atoms with E-state index >= 15 is 0 Å². The van der Waals surface area contributed by atoms with Crippen molar-refractivity contribution in [2.24, 2.45) is 0 Å². The first-order valence-corrected chi connectivity index (χ1v) is 5.37. The molecule has 0 aliphatic heterocycles. The topological polar surface area (TPSA) is 37.8 Å². The molecule has 1 aromatic rings. The quantitative estimate of drug-likeness (QED) is 0.702.